The van der Waals surface area contributed by atoms with Crippen molar-refractivity contribution in [2.24, 2.45) is 5.92 Å². The molecule has 0 bridgehead atoms. The lowest BCUT2D eigenvalue weighted by Gasteiger charge is -2.52. The first-order chi connectivity index (χ1) is 10.1. The van der Waals surface area contributed by atoms with Crippen LogP contribution in [0.3, 0.4) is 0 Å². The van der Waals surface area contributed by atoms with Gasteiger partial charge in [0.25, 0.3) is 0 Å². The molecule has 1 unspecified atom stereocenters. The van der Waals surface area contributed by atoms with Gasteiger partial charge in [0.15, 0.2) is 0 Å². The molecular formula is C16H28N2O4. The van der Waals surface area contributed by atoms with Crippen molar-refractivity contribution in [2.45, 2.75) is 70.6 Å². The van der Waals surface area contributed by atoms with Crippen LogP contribution < -0.4 is 5.32 Å². The summed E-state index contributed by atoms with van der Waals surface area (Å²) in [6.07, 6.45) is 3.32. The van der Waals surface area contributed by atoms with E-state index in [9.17, 15) is 14.7 Å². The molecule has 2 aliphatic rings. The van der Waals surface area contributed by atoms with Crippen LogP contribution >= 0.6 is 0 Å². The smallest absolute Gasteiger partial charge is 0.410 e. The molecule has 1 aliphatic carbocycles. The van der Waals surface area contributed by atoms with E-state index in [1.165, 1.54) is 19.3 Å². The maximum absolute atomic E-state index is 12.0. The van der Waals surface area contributed by atoms with Crippen molar-refractivity contribution < 1.29 is 19.4 Å². The Bertz CT molecular complexity index is 434. The lowest BCUT2D eigenvalue weighted by atomic mass is 9.77. The van der Waals surface area contributed by atoms with Crippen molar-refractivity contribution >= 4 is 12.1 Å². The highest BCUT2D eigenvalue weighted by Gasteiger charge is 2.49. The molecule has 1 atom stereocenters. The SMILES string of the molecule is CC(NC1(CC(=O)O)CN(C(=O)OC(C)(C)C)C1)C1CCC1. The van der Waals surface area contributed by atoms with Gasteiger partial charge in [-0.1, -0.05) is 6.42 Å². The number of ether oxygens (including phenoxy) is 1. The van der Waals surface area contributed by atoms with Crippen LogP contribution in [0.25, 0.3) is 0 Å². The van der Waals surface area contributed by atoms with E-state index >= 15 is 0 Å². The van der Waals surface area contributed by atoms with E-state index in [0.717, 1.165) is 0 Å². The third-order valence-corrected chi connectivity index (χ3v) is 4.52. The highest BCUT2D eigenvalue weighted by molar-refractivity contribution is 5.73. The Kier molecular flexibility index (Phi) is 4.70. The molecule has 6 heteroatoms. The third-order valence-electron chi connectivity index (χ3n) is 4.52. The van der Waals surface area contributed by atoms with Gasteiger partial charge in [0.2, 0.25) is 0 Å². The second-order valence-corrected chi connectivity index (χ2v) is 7.81. The van der Waals surface area contributed by atoms with Crippen molar-refractivity contribution in [1.29, 1.82) is 0 Å². The van der Waals surface area contributed by atoms with E-state index in [0.29, 0.717) is 19.0 Å². The van der Waals surface area contributed by atoms with Crippen LogP contribution in [-0.4, -0.2) is 52.3 Å². The van der Waals surface area contributed by atoms with Crippen molar-refractivity contribution in [1.82, 2.24) is 10.2 Å². The first-order valence-corrected chi connectivity index (χ1v) is 8.08. The van der Waals surface area contributed by atoms with Gasteiger partial charge in [0, 0.05) is 19.1 Å². The zero-order valence-electron chi connectivity index (χ0n) is 14.0. The number of hydrogen-bond acceptors (Lipinski definition) is 4. The molecule has 0 aromatic rings. The Morgan fingerprint density at radius 1 is 1.36 bits per heavy atom. The molecule has 22 heavy (non-hydrogen) atoms. The molecule has 1 saturated heterocycles. The van der Waals surface area contributed by atoms with Crippen molar-refractivity contribution in [3.05, 3.63) is 0 Å². The van der Waals surface area contributed by atoms with Crippen LogP contribution in [0.2, 0.25) is 0 Å². The minimum absolute atomic E-state index is 0.0311. The van der Waals surface area contributed by atoms with E-state index in [1.54, 1.807) is 4.90 Å². The summed E-state index contributed by atoms with van der Waals surface area (Å²) < 4.78 is 5.34. The summed E-state index contributed by atoms with van der Waals surface area (Å²) in [4.78, 5) is 24.8. The van der Waals surface area contributed by atoms with E-state index < -0.39 is 17.1 Å². The van der Waals surface area contributed by atoms with Gasteiger partial charge in [-0.05, 0) is 46.5 Å². The minimum atomic E-state index is -0.836. The number of likely N-dealkylation sites (tertiary alicyclic amines) is 1. The average molecular weight is 312 g/mol. The van der Waals surface area contributed by atoms with Gasteiger partial charge in [-0.3, -0.25) is 4.79 Å². The monoisotopic (exact) mass is 312 g/mol. The zero-order chi connectivity index (χ0) is 16.5. The first-order valence-electron chi connectivity index (χ1n) is 8.08. The Hall–Kier alpha value is -1.30. The minimum Gasteiger partial charge on any atom is -0.481 e. The molecule has 0 radical (unpaired) electrons. The first kappa shape index (κ1) is 17.1. The highest BCUT2D eigenvalue weighted by Crippen LogP contribution is 2.33. The molecule has 126 valence electrons. The number of hydrogen-bond donors (Lipinski definition) is 2. The third kappa shape index (κ3) is 4.12. The molecular weight excluding hydrogens is 284 g/mol. The number of carbonyl (C=O) groups excluding carboxylic acids is 1. The highest BCUT2D eigenvalue weighted by atomic mass is 16.6. The number of nitrogens with one attached hydrogen (secondary N) is 1. The predicted octanol–water partition coefficient (Wildman–Crippen LogP) is 2.23. The van der Waals surface area contributed by atoms with Gasteiger partial charge < -0.3 is 20.1 Å². The molecule has 2 N–H and O–H groups in total. The summed E-state index contributed by atoms with van der Waals surface area (Å²) in [6, 6.07) is 0.286. The molecule has 1 saturated carbocycles. The molecule has 1 aliphatic heterocycles. The maximum atomic E-state index is 12.0. The molecule has 0 aromatic carbocycles. The average Bonchev–Trinajstić information content (AvgIpc) is 2.18. The predicted molar refractivity (Wildman–Crippen MR) is 82.7 cm³/mol. The lowest BCUT2D eigenvalue weighted by Crippen LogP contribution is -2.73. The summed E-state index contributed by atoms with van der Waals surface area (Å²) in [7, 11) is 0. The zero-order valence-corrected chi connectivity index (χ0v) is 14.0. The van der Waals surface area contributed by atoms with Gasteiger partial charge in [-0.2, -0.15) is 0 Å². The molecule has 1 heterocycles. The van der Waals surface area contributed by atoms with Crippen LogP contribution in [0.5, 0.6) is 0 Å². The lowest BCUT2D eigenvalue weighted by molar-refractivity contribution is -0.141. The van der Waals surface area contributed by atoms with Crippen LogP contribution in [-0.2, 0) is 9.53 Å². The largest absolute Gasteiger partial charge is 0.481 e. The Balaban J connectivity index is 1.92. The van der Waals surface area contributed by atoms with E-state index in [1.807, 2.05) is 20.8 Å². The second-order valence-electron chi connectivity index (χ2n) is 7.81. The Morgan fingerprint density at radius 3 is 2.36 bits per heavy atom. The van der Waals surface area contributed by atoms with E-state index in [2.05, 4.69) is 12.2 Å². The van der Waals surface area contributed by atoms with Crippen LogP contribution in [0, 0.1) is 5.92 Å². The second kappa shape index (κ2) is 6.07. The van der Waals surface area contributed by atoms with Crippen LogP contribution in [0.15, 0.2) is 0 Å². The summed E-state index contributed by atoms with van der Waals surface area (Å²) in [6.45, 7) is 8.38. The van der Waals surface area contributed by atoms with Crippen molar-refractivity contribution in [2.75, 3.05) is 13.1 Å². The fraction of sp³-hybridized carbons (Fsp3) is 0.875. The number of nitrogens with zero attached hydrogens (tertiary/aromatic N) is 1. The van der Waals surface area contributed by atoms with Crippen molar-refractivity contribution in [3.8, 4) is 0 Å². The molecule has 1 amide bonds. The fourth-order valence-electron chi connectivity index (χ4n) is 3.22. The van der Waals surface area contributed by atoms with Gasteiger partial charge in [-0.15, -0.1) is 0 Å². The maximum Gasteiger partial charge on any atom is 0.410 e. The normalized spacial score (nSPS) is 22.5. The Morgan fingerprint density at radius 2 is 1.95 bits per heavy atom. The molecule has 0 spiro atoms. The number of carboxylic acids is 1. The standard InChI is InChI=1S/C16H28N2O4/c1-11(12-6-5-7-12)17-16(8-13(19)20)9-18(10-16)14(21)22-15(2,3)4/h11-12,17H,5-10H2,1-4H3,(H,19,20). The topological polar surface area (TPSA) is 78.9 Å². The van der Waals surface area contributed by atoms with Gasteiger partial charge in [0.1, 0.15) is 5.60 Å². The number of carboxylic acid groups (broad SMARTS) is 1. The number of aliphatic carboxylic acids is 1. The van der Waals surface area contributed by atoms with Crippen LogP contribution in [0.1, 0.15) is 53.4 Å². The summed E-state index contributed by atoms with van der Waals surface area (Å²) in [5, 5.41) is 12.7. The summed E-state index contributed by atoms with van der Waals surface area (Å²) >= 11 is 0. The quantitative estimate of drug-likeness (QED) is 0.814. The van der Waals surface area contributed by atoms with Gasteiger partial charge in [0.05, 0.1) is 12.0 Å². The number of carbonyl (C=O) groups is 2. The van der Waals surface area contributed by atoms with E-state index in [-0.39, 0.29) is 18.6 Å². The molecule has 2 rings (SSSR count). The van der Waals surface area contributed by atoms with Crippen molar-refractivity contribution in [3.63, 3.8) is 0 Å². The van der Waals surface area contributed by atoms with Gasteiger partial charge >= 0.3 is 12.1 Å². The van der Waals surface area contributed by atoms with Crippen LogP contribution in [0.4, 0.5) is 4.79 Å². The molecule has 6 nitrogen and oxygen atoms in total. The summed E-state index contributed by atoms with van der Waals surface area (Å²) in [5.74, 6) is -0.210. The number of amides is 1. The van der Waals surface area contributed by atoms with Gasteiger partial charge in [-0.25, -0.2) is 4.79 Å². The van der Waals surface area contributed by atoms with E-state index in [4.69, 9.17) is 4.74 Å². The summed E-state index contributed by atoms with van der Waals surface area (Å²) in [5.41, 5.74) is -1.05. The fourth-order valence-corrected chi connectivity index (χ4v) is 3.22. The molecule has 0 aromatic heterocycles. The Labute approximate surface area is 132 Å². The molecule has 2 fully saturated rings. The number of rotatable bonds is 5.